The fourth-order valence-corrected chi connectivity index (χ4v) is 2.44. The molecule has 2 amide bonds. The summed E-state index contributed by atoms with van der Waals surface area (Å²) in [6, 6.07) is 12.1. The Morgan fingerprint density at radius 3 is 2.38 bits per heavy atom. The van der Waals surface area contributed by atoms with Crippen LogP contribution in [0.5, 0.6) is 0 Å². The maximum absolute atomic E-state index is 13.0. The van der Waals surface area contributed by atoms with Gasteiger partial charge in [-0.05, 0) is 23.8 Å². The number of amides is 2. The second-order valence-electron chi connectivity index (χ2n) is 5.65. The van der Waals surface area contributed by atoms with Crippen molar-refractivity contribution in [3.05, 3.63) is 64.7 Å². The summed E-state index contributed by atoms with van der Waals surface area (Å²) in [6.45, 7) is 0.293. The molecule has 2 aromatic rings. The van der Waals surface area contributed by atoms with Crippen molar-refractivity contribution in [3.8, 4) is 0 Å². The third kappa shape index (κ3) is 5.49. The number of carbonyl (C=O) groups is 2. The van der Waals surface area contributed by atoms with Crippen LogP contribution in [0.4, 0.5) is 18.9 Å². The molecule has 8 heteroatoms. The van der Waals surface area contributed by atoms with Crippen LogP contribution < -0.4 is 5.32 Å². The van der Waals surface area contributed by atoms with Crippen LogP contribution in [0.3, 0.4) is 0 Å². The van der Waals surface area contributed by atoms with Gasteiger partial charge in [-0.1, -0.05) is 41.9 Å². The van der Waals surface area contributed by atoms with E-state index in [1.165, 1.54) is 18.0 Å². The fraction of sp³-hybridized carbons (Fsp3) is 0.222. The number of anilines is 1. The van der Waals surface area contributed by atoms with Gasteiger partial charge in [-0.3, -0.25) is 9.59 Å². The first-order chi connectivity index (χ1) is 12.2. The van der Waals surface area contributed by atoms with Crippen LogP contribution in [0.2, 0.25) is 5.02 Å². The van der Waals surface area contributed by atoms with Crippen molar-refractivity contribution in [1.82, 2.24) is 4.90 Å². The van der Waals surface area contributed by atoms with Crippen LogP contribution in [0.25, 0.3) is 0 Å². The van der Waals surface area contributed by atoms with E-state index in [-0.39, 0.29) is 5.02 Å². The number of halogens is 4. The molecule has 0 aromatic heterocycles. The lowest BCUT2D eigenvalue weighted by molar-refractivity contribution is -0.137. The first kappa shape index (κ1) is 19.8. The van der Waals surface area contributed by atoms with E-state index in [2.05, 4.69) is 5.32 Å². The molecule has 26 heavy (non-hydrogen) atoms. The highest BCUT2D eigenvalue weighted by Gasteiger charge is 2.34. The number of rotatable bonds is 5. The number of nitrogens with zero attached hydrogens (tertiary/aromatic N) is 1. The highest BCUT2D eigenvalue weighted by atomic mass is 35.5. The van der Waals surface area contributed by atoms with Gasteiger partial charge in [0.2, 0.25) is 11.8 Å². The second-order valence-corrected chi connectivity index (χ2v) is 6.08. The van der Waals surface area contributed by atoms with Crippen molar-refractivity contribution in [2.75, 3.05) is 12.4 Å². The number of alkyl halides is 3. The SMILES string of the molecule is CN(Cc1ccccc1)C(=O)CC(=O)Nc1ccc(Cl)cc1C(F)(F)F. The van der Waals surface area contributed by atoms with Gasteiger partial charge in [-0.15, -0.1) is 0 Å². The molecule has 2 aromatic carbocycles. The van der Waals surface area contributed by atoms with Crippen LogP contribution in [-0.4, -0.2) is 23.8 Å². The molecule has 4 nitrogen and oxygen atoms in total. The maximum Gasteiger partial charge on any atom is 0.418 e. The van der Waals surface area contributed by atoms with E-state index < -0.39 is 35.7 Å². The second kappa shape index (κ2) is 8.23. The van der Waals surface area contributed by atoms with Crippen molar-refractivity contribution in [1.29, 1.82) is 0 Å². The molecule has 1 N–H and O–H groups in total. The van der Waals surface area contributed by atoms with Crippen molar-refractivity contribution in [3.63, 3.8) is 0 Å². The summed E-state index contributed by atoms with van der Waals surface area (Å²) < 4.78 is 39.1. The molecule has 0 aliphatic heterocycles. The minimum Gasteiger partial charge on any atom is -0.341 e. The Bertz CT molecular complexity index is 795. The quantitative estimate of drug-likeness (QED) is 0.779. The zero-order chi connectivity index (χ0) is 19.3. The van der Waals surface area contributed by atoms with Crippen LogP contribution in [0, 0.1) is 0 Å². The molecule has 0 saturated carbocycles. The molecule has 0 aliphatic rings. The summed E-state index contributed by atoms with van der Waals surface area (Å²) in [6.07, 6.45) is -5.25. The molecular weight excluding hydrogens is 369 g/mol. The van der Waals surface area contributed by atoms with E-state index >= 15 is 0 Å². The number of nitrogens with one attached hydrogen (secondary N) is 1. The van der Waals surface area contributed by atoms with E-state index in [1.807, 2.05) is 30.3 Å². The fourth-order valence-electron chi connectivity index (χ4n) is 2.27. The van der Waals surface area contributed by atoms with Gasteiger partial charge < -0.3 is 10.2 Å². The summed E-state index contributed by atoms with van der Waals surface area (Å²) in [7, 11) is 1.52. The number of carbonyl (C=O) groups excluding carboxylic acids is 2. The summed E-state index contributed by atoms with van der Waals surface area (Å²) in [5, 5.41) is 2.03. The van der Waals surface area contributed by atoms with Crippen LogP contribution in [0.15, 0.2) is 48.5 Å². The third-order valence-corrected chi connectivity index (χ3v) is 3.80. The minimum atomic E-state index is -4.68. The van der Waals surface area contributed by atoms with Gasteiger partial charge in [-0.25, -0.2) is 0 Å². The van der Waals surface area contributed by atoms with Crippen LogP contribution in [0.1, 0.15) is 17.5 Å². The van der Waals surface area contributed by atoms with E-state index in [0.29, 0.717) is 6.54 Å². The molecule has 0 radical (unpaired) electrons. The molecule has 0 bridgehead atoms. The largest absolute Gasteiger partial charge is 0.418 e. The first-order valence-electron chi connectivity index (χ1n) is 7.61. The van der Waals surface area contributed by atoms with E-state index in [0.717, 1.165) is 17.7 Å². The Kier molecular flexibility index (Phi) is 6.26. The summed E-state index contributed by atoms with van der Waals surface area (Å²) >= 11 is 5.59. The predicted molar refractivity (Wildman–Crippen MR) is 92.6 cm³/mol. The zero-order valence-corrected chi connectivity index (χ0v) is 14.6. The lowest BCUT2D eigenvalue weighted by Gasteiger charge is -2.18. The maximum atomic E-state index is 13.0. The smallest absolute Gasteiger partial charge is 0.341 e. The van der Waals surface area contributed by atoms with E-state index in [9.17, 15) is 22.8 Å². The van der Waals surface area contributed by atoms with Crippen molar-refractivity contribution >= 4 is 29.1 Å². The standard InChI is InChI=1S/C18H16ClF3N2O2/c1-24(11-12-5-3-2-4-6-12)17(26)10-16(25)23-15-8-7-13(19)9-14(15)18(20,21)22/h2-9H,10-11H2,1H3,(H,23,25). The summed E-state index contributed by atoms with van der Waals surface area (Å²) in [4.78, 5) is 25.4. The van der Waals surface area contributed by atoms with Gasteiger partial charge >= 0.3 is 6.18 Å². The number of hydrogen-bond donors (Lipinski definition) is 1. The van der Waals surface area contributed by atoms with Crippen LogP contribution >= 0.6 is 11.6 Å². The van der Waals surface area contributed by atoms with Crippen LogP contribution in [-0.2, 0) is 22.3 Å². The average molecular weight is 385 g/mol. The Morgan fingerprint density at radius 2 is 1.77 bits per heavy atom. The Balaban J connectivity index is 2.01. The monoisotopic (exact) mass is 384 g/mol. The predicted octanol–water partition coefficient (Wildman–Crippen LogP) is 4.35. The van der Waals surface area contributed by atoms with Gasteiger partial charge in [0, 0.05) is 18.6 Å². The zero-order valence-electron chi connectivity index (χ0n) is 13.8. The molecule has 0 atom stereocenters. The Labute approximate surface area is 153 Å². The van der Waals surface area contributed by atoms with Gasteiger partial charge in [-0.2, -0.15) is 13.2 Å². The topological polar surface area (TPSA) is 49.4 Å². The van der Waals surface area contributed by atoms with Crippen molar-refractivity contribution in [2.24, 2.45) is 0 Å². The molecule has 0 heterocycles. The van der Waals surface area contributed by atoms with E-state index in [4.69, 9.17) is 11.6 Å². The molecule has 0 spiro atoms. The van der Waals surface area contributed by atoms with Gasteiger partial charge in [0.1, 0.15) is 6.42 Å². The minimum absolute atomic E-state index is 0.103. The average Bonchev–Trinajstić information content (AvgIpc) is 2.56. The highest BCUT2D eigenvalue weighted by Crippen LogP contribution is 2.36. The van der Waals surface area contributed by atoms with Crippen molar-refractivity contribution < 1.29 is 22.8 Å². The van der Waals surface area contributed by atoms with Gasteiger partial charge in [0.15, 0.2) is 0 Å². The molecule has 0 saturated heterocycles. The summed E-state index contributed by atoms with van der Waals surface area (Å²) in [5.74, 6) is -1.34. The number of benzene rings is 2. The highest BCUT2D eigenvalue weighted by molar-refractivity contribution is 6.30. The molecule has 0 fully saturated rings. The summed E-state index contributed by atoms with van der Waals surface area (Å²) in [5.41, 5.74) is -0.630. The van der Waals surface area contributed by atoms with Crippen molar-refractivity contribution in [2.45, 2.75) is 19.1 Å². The third-order valence-electron chi connectivity index (χ3n) is 3.56. The Morgan fingerprint density at radius 1 is 1.12 bits per heavy atom. The first-order valence-corrected chi connectivity index (χ1v) is 7.99. The normalized spacial score (nSPS) is 11.1. The number of hydrogen-bond acceptors (Lipinski definition) is 2. The molecule has 0 aliphatic carbocycles. The molecule has 0 unspecified atom stereocenters. The van der Waals surface area contributed by atoms with Gasteiger partial charge in [0.25, 0.3) is 0 Å². The van der Waals surface area contributed by atoms with Gasteiger partial charge in [0.05, 0.1) is 11.3 Å². The van der Waals surface area contributed by atoms with E-state index in [1.54, 1.807) is 0 Å². The molecular formula is C18H16ClF3N2O2. The molecule has 138 valence electrons. The molecule has 2 rings (SSSR count). The Hall–Kier alpha value is -2.54. The lowest BCUT2D eigenvalue weighted by Crippen LogP contribution is -2.30. The lowest BCUT2D eigenvalue weighted by atomic mass is 10.1.